The number of aryl methyl sites for hydroxylation is 2. The number of anilines is 1. The number of nitrogens with two attached hydrogens (primary N) is 1. The first-order chi connectivity index (χ1) is 8.91. The SMILES string of the molecule is Cc1cc(O)cc(C)c1N.O=C(O)C1CCCCN1. The third-order valence-corrected chi connectivity index (χ3v) is 3.19. The van der Waals surface area contributed by atoms with Crippen LogP contribution in [-0.4, -0.2) is 28.8 Å². The number of piperidine rings is 1. The van der Waals surface area contributed by atoms with Gasteiger partial charge in [-0.2, -0.15) is 0 Å². The molecule has 1 saturated heterocycles. The minimum atomic E-state index is -0.713. The van der Waals surface area contributed by atoms with Crippen LogP contribution < -0.4 is 11.1 Å². The minimum Gasteiger partial charge on any atom is -0.508 e. The molecule has 0 spiro atoms. The number of hydrogen-bond acceptors (Lipinski definition) is 4. The van der Waals surface area contributed by atoms with Crippen LogP contribution in [0.2, 0.25) is 0 Å². The molecular weight excluding hydrogens is 244 g/mol. The van der Waals surface area contributed by atoms with Gasteiger partial charge in [0.1, 0.15) is 11.8 Å². The Balaban J connectivity index is 0.000000191. The molecule has 1 aromatic rings. The fraction of sp³-hybridized carbons (Fsp3) is 0.500. The molecule has 5 heteroatoms. The zero-order chi connectivity index (χ0) is 14.4. The maximum Gasteiger partial charge on any atom is 0.320 e. The minimum absolute atomic E-state index is 0.279. The Labute approximate surface area is 113 Å². The number of carboxylic acid groups (broad SMARTS) is 1. The number of carbonyl (C=O) groups is 1. The van der Waals surface area contributed by atoms with Gasteiger partial charge in [0.2, 0.25) is 0 Å². The van der Waals surface area contributed by atoms with E-state index in [2.05, 4.69) is 5.32 Å². The summed E-state index contributed by atoms with van der Waals surface area (Å²) in [6.45, 7) is 4.61. The highest BCUT2D eigenvalue weighted by atomic mass is 16.4. The summed E-state index contributed by atoms with van der Waals surface area (Å²) in [5.41, 5.74) is 8.26. The molecular formula is C14H22N2O3. The number of phenolic OH excluding ortho intramolecular Hbond substituents is 1. The van der Waals surface area contributed by atoms with Crippen LogP contribution in [0.5, 0.6) is 5.75 Å². The van der Waals surface area contributed by atoms with Crippen molar-refractivity contribution in [2.45, 2.75) is 39.2 Å². The molecule has 106 valence electrons. The number of benzene rings is 1. The largest absolute Gasteiger partial charge is 0.508 e. The van der Waals surface area contributed by atoms with Gasteiger partial charge in [-0.3, -0.25) is 4.79 Å². The van der Waals surface area contributed by atoms with Gasteiger partial charge in [-0.25, -0.2) is 0 Å². The molecule has 1 aliphatic heterocycles. The van der Waals surface area contributed by atoms with Gasteiger partial charge in [0.05, 0.1) is 0 Å². The molecule has 0 saturated carbocycles. The zero-order valence-corrected chi connectivity index (χ0v) is 11.4. The molecule has 19 heavy (non-hydrogen) atoms. The van der Waals surface area contributed by atoms with Crippen LogP contribution in [0.1, 0.15) is 30.4 Å². The number of nitrogen functional groups attached to an aromatic ring is 1. The average Bonchev–Trinajstić information content (AvgIpc) is 2.37. The lowest BCUT2D eigenvalue weighted by Gasteiger charge is -2.18. The first-order valence-corrected chi connectivity index (χ1v) is 6.43. The highest BCUT2D eigenvalue weighted by molar-refractivity contribution is 5.73. The quantitative estimate of drug-likeness (QED) is 0.459. The molecule has 1 atom stereocenters. The molecule has 0 amide bonds. The summed E-state index contributed by atoms with van der Waals surface area (Å²) in [4.78, 5) is 10.3. The standard InChI is InChI=1S/C8H11NO.C6H11NO2/c1-5-3-7(10)4-6(2)8(5)9;8-6(9)5-3-1-2-4-7-5/h3-4,10H,9H2,1-2H3;5,7H,1-4H2,(H,8,9). The monoisotopic (exact) mass is 266 g/mol. The molecule has 1 fully saturated rings. The van der Waals surface area contributed by atoms with Gasteiger partial charge >= 0.3 is 5.97 Å². The van der Waals surface area contributed by atoms with E-state index in [1.54, 1.807) is 12.1 Å². The highest BCUT2D eigenvalue weighted by Crippen LogP contribution is 2.21. The molecule has 1 heterocycles. The molecule has 0 aliphatic carbocycles. The molecule has 1 unspecified atom stereocenters. The van der Waals surface area contributed by atoms with E-state index >= 15 is 0 Å². The summed E-state index contributed by atoms with van der Waals surface area (Å²) < 4.78 is 0. The predicted molar refractivity (Wildman–Crippen MR) is 75.3 cm³/mol. The van der Waals surface area contributed by atoms with Crippen LogP contribution in [-0.2, 0) is 4.79 Å². The van der Waals surface area contributed by atoms with Gasteiger partial charge in [-0.15, -0.1) is 0 Å². The van der Waals surface area contributed by atoms with Crippen LogP contribution in [0, 0.1) is 13.8 Å². The van der Waals surface area contributed by atoms with Gasteiger partial charge in [-0.05, 0) is 56.5 Å². The number of carboxylic acids is 1. The third-order valence-electron chi connectivity index (χ3n) is 3.19. The van der Waals surface area contributed by atoms with Crippen molar-refractivity contribution in [3.05, 3.63) is 23.3 Å². The third kappa shape index (κ3) is 4.79. The Morgan fingerprint density at radius 1 is 1.32 bits per heavy atom. The lowest BCUT2D eigenvalue weighted by Crippen LogP contribution is -2.40. The fourth-order valence-corrected chi connectivity index (χ4v) is 2.01. The average molecular weight is 266 g/mol. The van der Waals surface area contributed by atoms with Gasteiger partial charge in [0, 0.05) is 5.69 Å². The summed E-state index contributed by atoms with van der Waals surface area (Å²) in [6.07, 6.45) is 2.95. The van der Waals surface area contributed by atoms with Crippen LogP contribution in [0.15, 0.2) is 12.1 Å². The first-order valence-electron chi connectivity index (χ1n) is 6.43. The maximum absolute atomic E-state index is 10.3. The van der Waals surface area contributed by atoms with Crippen molar-refractivity contribution >= 4 is 11.7 Å². The Bertz CT molecular complexity index is 417. The first kappa shape index (κ1) is 15.3. The van der Waals surface area contributed by atoms with Crippen LogP contribution in [0.25, 0.3) is 0 Å². The van der Waals surface area contributed by atoms with Gasteiger partial charge in [0.15, 0.2) is 0 Å². The van der Waals surface area contributed by atoms with E-state index in [-0.39, 0.29) is 11.8 Å². The number of aromatic hydroxyl groups is 1. The summed E-state index contributed by atoms with van der Waals surface area (Å²) in [6, 6.07) is 3.03. The topological polar surface area (TPSA) is 95.6 Å². The predicted octanol–water partition coefficient (Wildman–Crippen LogP) is 1.80. The number of rotatable bonds is 1. The smallest absolute Gasteiger partial charge is 0.320 e. The maximum atomic E-state index is 10.3. The van der Waals surface area contributed by atoms with Crippen molar-refractivity contribution in [3.63, 3.8) is 0 Å². The Morgan fingerprint density at radius 2 is 1.89 bits per heavy atom. The fourth-order valence-electron chi connectivity index (χ4n) is 2.01. The summed E-state index contributed by atoms with van der Waals surface area (Å²) in [5, 5.41) is 20.5. The van der Waals surface area contributed by atoms with Crippen LogP contribution in [0.4, 0.5) is 5.69 Å². The van der Waals surface area contributed by atoms with Crippen molar-refractivity contribution in [2.75, 3.05) is 12.3 Å². The number of phenols is 1. The number of aliphatic carboxylic acids is 1. The Hall–Kier alpha value is -1.75. The molecule has 5 nitrogen and oxygen atoms in total. The summed E-state index contributed by atoms with van der Waals surface area (Å²) in [5.74, 6) is -0.432. The van der Waals surface area contributed by atoms with E-state index in [1.807, 2.05) is 13.8 Å². The van der Waals surface area contributed by atoms with Crippen molar-refractivity contribution in [1.29, 1.82) is 0 Å². The van der Waals surface area contributed by atoms with Gasteiger partial charge in [0.25, 0.3) is 0 Å². The van der Waals surface area contributed by atoms with Crippen molar-refractivity contribution in [1.82, 2.24) is 5.32 Å². The zero-order valence-electron chi connectivity index (χ0n) is 11.4. The van der Waals surface area contributed by atoms with E-state index < -0.39 is 5.97 Å². The van der Waals surface area contributed by atoms with Crippen LogP contribution in [0.3, 0.4) is 0 Å². The lowest BCUT2D eigenvalue weighted by atomic mass is 10.1. The van der Waals surface area contributed by atoms with E-state index in [1.165, 1.54) is 0 Å². The molecule has 0 bridgehead atoms. The summed E-state index contributed by atoms with van der Waals surface area (Å²) in [7, 11) is 0. The molecule has 1 aromatic carbocycles. The van der Waals surface area contributed by atoms with E-state index in [0.717, 1.165) is 42.6 Å². The van der Waals surface area contributed by atoms with E-state index in [4.69, 9.17) is 15.9 Å². The lowest BCUT2D eigenvalue weighted by molar-refractivity contribution is -0.140. The number of nitrogens with one attached hydrogen (secondary N) is 1. The second kappa shape index (κ2) is 6.99. The second-order valence-electron chi connectivity index (χ2n) is 4.83. The molecule has 1 aliphatic rings. The van der Waals surface area contributed by atoms with E-state index in [0.29, 0.717) is 0 Å². The molecule has 0 radical (unpaired) electrons. The van der Waals surface area contributed by atoms with Crippen molar-refractivity contribution in [3.8, 4) is 5.75 Å². The van der Waals surface area contributed by atoms with Gasteiger partial charge in [-0.1, -0.05) is 6.42 Å². The Morgan fingerprint density at radius 3 is 2.26 bits per heavy atom. The molecule has 2 rings (SSSR count). The van der Waals surface area contributed by atoms with E-state index in [9.17, 15) is 4.79 Å². The van der Waals surface area contributed by atoms with Gasteiger partial charge < -0.3 is 21.3 Å². The highest BCUT2D eigenvalue weighted by Gasteiger charge is 2.18. The van der Waals surface area contributed by atoms with Crippen molar-refractivity contribution < 1.29 is 15.0 Å². The molecule has 0 aromatic heterocycles. The van der Waals surface area contributed by atoms with Crippen molar-refractivity contribution in [2.24, 2.45) is 0 Å². The number of hydrogen-bond donors (Lipinski definition) is 4. The second-order valence-corrected chi connectivity index (χ2v) is 4.83. The molecule has 5 N–H and O–H groups in total. The normalized spacial score (nSPS) is 18.3. The van der Waals surface area contributed by atoms with Crippen LogP contribution >= 0.6 is 0 Å². The summed E-state index contributed by atoms with van der Waals surface area (Å²) >= 11 is 0. The Kier molecular flexibility index (Phi) is 5.63.